The van der Waals surface area contributed by atoms with E-state index >= 15 is 0 Å². The van der Waals surface area contributed by atoms with Gasteiger partial charge in [-0.2, -0.15) is 0 Å². The molecule has 2 nitrogen and oxygen atoms in total. The molecule has 2 heteroatoms. The molecule has 1 N–H and O–H groups in total. The van der Waals surface area contributed by atoms with Crippen molar-refractivity contribution in [1.82, 2.24) is 5.32 Å². The lowest BCUT2D eigenvalue weighted by Crippen LogP contribution is -2.35. The third kappa shape index (κ3) is 2.55. The largest absolute Gasteiger partial charge is 0.317 e. The minimum absolute atomic E-state index is 0.215. The highest BCUT2D eigenvalue weighted by Gasteiger charge is 2.29. The molecule has 0 spiro atoms. The predicted molar refractivity (Wildman–Crippen MR) is 62.7 cm³/mol. The Hall–Kier alpha value is -0.890. The smallest absolute Gasteiger partial charge is 0.0456 e. The van der Waals surface area contributed by atoms with Crippen LogP contribution in [0.25, 0.3) is 0 Å². The zero-order valence-electron chi connectivity index (χ0n) is 9.21. The van der Waals surface area contributed by atoms with Gasteiger partial charge in [-0.25, -0.2) is 0 Å². The molecule has 1 saturated heterocycles. The molecular formula is C12H20N2. The lowest BCUT2D eigenvalue weighted by molar-refractivity contribution is 0.280. The van der Waals surface area contributed by atoms with Crippen LogP contribution in [0.1, 0.15) is 26.7 Å². The molecule has 1 aliphatic heterocycles. The zero-order valence-corrected chi connectivity index (χ0v) is 9.21. The van der Waals surface area contributed by atoms with Crippen molar-refractivity contribution in [1.29, 1.82) is 0 Å². The van der Waals surface area contributed by atoms with Crippen LogP contribution in [0.3, 0.4) is 0 Å². The van der Waals surface area contributed by atoms with Gasteiger partial charge in [0.15, 0.2) is 0 Å². The van der Waals surface area contributed by atoms with E-state index < -0.39 is 0 Å². The Morgan fingerprint density at radius 2 is 2.07 bits per heavy atom. The van der Waals surface area contributed by atoms with Gasteiger partial charge in [-0.15, -0.1) is 0 Å². The summed E-state index contributed by atoms with van der Waals surface area (Å²) < 4.78 is 0. The number of allylic oxidation sites excluding steroid dienone is 4. The average molecular weight is 192 g/mol. The van der Waals surface area contributed by atoms with E-state index in [-0.39, 0.29) is 5.41 Å². The first-order valence-electron chi connectivity index (χ1n) is 5.24. The van der Waals surface area contributed by atoms with Gasteiger partial charge in [0, 0.05) is 11.1 Å². The average Bonchev–Trinajstić information content (AvgIpc) is 2.20. The Bertz CT molecular complexity index is 245. The second-order valence-corrected chi connectivity index (χ2v) is 4.05. The van der Waals surface area contributed by atoms with Gasteiger partial charge in [-0.3, -0.25) is 4.99 Å². The number of nitrogens with one attached hydrogen (secondary N) is 1. The quantitative estimate of drug-likeness (QED) is 0.539. The number of aliphatic imine (C=N–C) groups is 1. The normalized spacial score (nSPS) is 22.6. The Balaban J connectivity index is 2.80. The molecule has 1 heterocycles. The maximum atomic E-state index is 4.15. The van der Waals surface area contributed by atoms with Crippen molar-refractivity contribution in [2.45, 2.75) is 26.7 Å². The van der Waals surface area contributed by atoms with E-state index in [2.05, 4.69) is 30.0 Å². The second kappa shape index (κ2) is 5.11. The lowest BCUT2D eigenvalue weighted by Gasteiger charge is -2.34. The first-order chi connectivity index (χ1) is 6.73. The first-order valence-corrected chi connectivity index (χ1v) is 5.24. The highest BCUT2D eigenvalue weighted by atomic mass is 14.9. The van der Waals surface area contributed by atoms with Gasteiger partial charge in [0.2, 0.25) is 0 Å². The molecule has 78 valence electrons. The summed E-state index contributed by atoms with van der Waals surface area (Å²) in [6, 6.07) is 0. The summed E-state index contributed by atoms with van der Waals surface area (Å²) in [4.78, 5) is 4.15. The molecule has 0 bridgehead atoms. The maximum Gasteiger partial charge on any atom is 0.0456 e. The Labute approximate surface area is 86.8 Å². The first kappa shape index (κ1) is 11.2. The van der Waals surface area contributed by atoms with Crippen molar-refractivity contribution >= 4 is 6.72 Å². The van der Waals surface area contributed by atoms with Gasteiger partial charge in [-0.05, 0) is 45.6 Å². The fraction of sp³-hybridized carbons (Fsp3) is 0.583. The Kier molecular flexibility index (Phi) is 4.08. The maximum absolute atomic E-state index is 4.15. The summed E-state index contributed by atoms with van der Waals surface area (Å²) in [5.41, 5.74) is 1.34. The van der Waals surface area contributed by atoms with E-state index in [0.29, 0.717) is 0 Å². The predicted octanol–water partition coefficient (Wildman–Crippen LogP) is 2.54. The SMILES string of the molecule is C=N/C(=C\C=C/C)C1(C)CCNCC1. The summed E-state index contributed by atoms with van der Waals surface area (Å²) in [6.45, 7) is 10.1. The zero-order chi connectivity index (χ0) is 10.4. The highest BCUT2D eigenvalue weighted by molar-refractivity contribution is 5.33. The molecule has 0 aromatic carbocycles. The van der Waals surface area contributed by atoms with Crippen LogP contribution in [0.4, 0.5) is 0 Å². The molecule has 0 aromatic heterocycles. The topological polar surface area (TPSA) is 24.4 Å². The Morgan fingerprint density at radius 3 is 2.57 bits per heavy atom. The van der Waals surface area contributed by atoms with Crippen LogP contribution in [0, 0.1) is 5.41 Å². The van der Waals surface area contributed by atoms with Gasteiger partial charge >= 0.3 is 0 Å². The number of nitrogens with zero attached hydrogens (tertiary/aromatic N) is 1. The van der Waals surface area contributed by atoms with Crippen molar-refractivity contribution in [3.05, 3.63) is 23.9 Å². The number of hydrogen-bond acceptors (Lipinski definition) is 2. The molecule has 1 aliphatic rings. The summed E-state index contributed by atoms with van der Waals surface area (Å²) >= 11 is 0. The summed E-state index contributed by atoms with van der Waals surface area (Å²) in [7, 11) is 0. The molecule has 0 aliphatic carbocycles. The molecule has 0 unspecified atom stereocenters. The molecule has 1 fully saturated rings. The molecule has 0 aromatic rings. The third-order valence-corrected chi connectivity index (χ3v) is 2.94. The minimum Gasteiger partial charge on any atom is -0.317 e. The van der Waals surface area contributed by atoms with E-state index in [1.54, 1.807) is 0 Å². The molecule has 0 amide bonds. The molecule has 0 saturated carbocycles. The fourth-order valence-corrected chi connectivity index (χ4v) is 1.87. The van der Waals surface area contributed by atoms with Crippen LogP contribution in [0.5, 0.6) is 0 Å². The number of hydrogen-bond donors (Lipinski definition) is 1. The van der Waals surface area contributed by atoms with E-state index in [1.165, 1.54) is 0 Å². The molecule has 1 rings (SSSR count). The van der Waals surface area contributed by atoms with E-state index in [9.17, 15) is 0 Å². The molecule has 0 atom stereocenters. The van der Waals surface area contributed by atoms with Crippen LogP contribution in [-0.4, -0.2) is 19.8 Å². The molecule has 0 radical (unpaired) electrons. The van der Waals surface area contributed by atoms with Crippen molar-refractivity contribution in [2.75, 3.05) is 13.1 Å². The fourth-order valence-electron chi connectivity index (χ4n) is 1.87. The molecular weight excluding hydrogens is 172 g/mol. The van der Waals surface area contributed by atoms with Gasteiger partial charge < -0.3 is 5.32 Å². The minimum atomic E-state index is 0.215. The summed E-state index contributed by atoms with van der Waals surface area (Å²) in [5, 5.41) is 3.37. The monoisotopic (exact) mass is 192 g/mol. The van der Waals surface area contributed by atoms with Gasteiger partial charge in [-0.1, -0.05) is 19.1 Å². The van der Waals surface area contributed by atoms with Crippen LogP contribution in [0.15, 0.2) is 28.9 Å². The van der Waals surface area contributed by atoms with Crippen molar-refractivity contribution in [3.8, 4) is 0 Å². The summed E-state index contributed by atoms with van der Waals surface area (Å²) in [5.74, 6) is 0. The van der Waals surface area contributed by atoms with Crippen LogP contribution in [0.2, 0.25) is 0 Å². The van der Waals surface area contributed by atoms with Crippen molar-refractivity contribution in [3.63, 3.8) is 0 Å². The van der Waals surface area contributed by atoms with Gasteiger partial charge in [0.25, 0.3) is 0 Å². The summed E-state index contributed by atoms with van der Waals surface area (Å²) in [6.07, 6.45) is 8.44. The van der Waals surface area contributed by atoms with E-state index in [0.717, 1.165) is 31.6 Å². The number of piperidine rings is 1. The van der Waals surface area contributed by atoms with Gasteiger partial charge in [0.05, 0.1) is 0 Å². The lowest BCUT2D eigenvalue weighted by atomic mass is 9.78. The standard InChI is InChI=1S/C12H20N2/c1-4-5-6-11(13-3)12(2)7-9-14-10-8-12/h4-6,14H,3,7-10H2,1-2H3/b5-4-,11-6-. The van der Waals surface area contributed by atoms with Crippen molar-refractivity contribution < 1.29 is 0 Å². The van der Waals surface area contributed by atoms with Crippen molar-refractivity contribution in [2.24, 2.45) is 10.4 Å². The van der Waals surface area contributed by atoms with E-state index in [4.69, 9.17) is 0 Å². The second-order valence-electron chi connectivity index (χ2n) is 4.05. The molecule has 14 heavy (non-hydrogen) atoms. The number of rotatable bonds is 3. The highest BCUT2D eigenvalue weighted by Crippen LogP contribution is 2.36. The van der Waals surface area contributed by atoms with Crippen LogP contribution >= 0.6 is 0 Å². The third-order valence-electron chi connectivity index (χ3n) is 2.94. The Morgan fingerprint density at radius 1 is 1.43 bits per heavy atom. The van der Waals surface area contributed by atoms with E-state index in [1.807, 2.05) is 19.1 Å². The van der Waals surface area contributed by atoms with Gasteiger partial charge in [0.1, 0.15) is 0 Å². The van der Waals surface area contributed by atoms with Crippen LogP contribution in [-0.2, 0) is 0 Å². The van der Waals surface area contributed by atoms with Crippen LogP contribution < -0.4 is 5.32 Å².